The highest BCUT2D eigenvalue weighted by atomic mass is 79.9. The maximum absolute atomic E-state index is 12.5. The van der Waals surface area contributed by atoms with Crippen molar-refractivity contribution in [2.45, 2.75) is 10.8 Å². The maximum Gasteiger partial charge on any atom is 0.272 e. The largest absolute Gasteiger partial charge is 0.470 e. The highest BCUT2D eigenvalue weighted by Gasteiger charge is 2.20. The number of nitrogens with zero attached hydrogens (tertiary/aromatic N) is 2. The van der Waals surface area contributed by atoms with Gasteiger partial charge >= 0.3 is 0 Å². The summed E-state index contributed by atoms with van der Waals surface area (Å²) in [5.74, 6) is 0.126. The number of sulfonamides is 1. The van der Waals surface area contributed by atoms with Crippen molar-refractivity contribution in [1.82, 2.24) is 9.97 Å². The summed E-state index contributed by atoms with van der Waals surface area (Å²) >= 11 is 7.57. The maximum atomic E-state index is 12.5. The monoisotopic (exact) mass is 503 g/mol. The van der Waals surface area contributed by atoms with E-state index in [2.05, 4.69) is 46.5 Å². The van der Waals surface area contributed by atoms with Gasteiger partial charge in [0.05, 0.1) is 9.98 Å². The van der Waals surface area contributed by atoms with E-state index in [9.17, 15) is 8.42 Å². The molecule has 0 atom stereocenters. The van der Waals surface area contributed by atoms with Crippen LogP contribution in [-0.4, -0.2) is 18.4 Å². The Morgan fingerprint density at radius 1 is 1.12 bits per heavy atom. The van der Waals surface area contributed by atoms with Crippen molar-refractivity contribution in [3.8, 4) is 5.88 Å². The third kappa shape index (κ3) is 4.78. The summed E-state index contributed by atoms with van der Waals surface area (Å²) in [6, 6.07) is 12.7. The third-order valence-electron chi connectivity index (χ3n) is 2.97. The molecule has 0 amide bonds. The zero-order chi connectivity index (χ0) is 17.9. The van der Waals surface area contributed by atoms with E-state index < -0.39 is 10.0 Å². The van der Waals surface area contributed by atoms with Crippen molar-refractivity contribution in [3.63, 3.8) is 0 Å². The molecule has 130 valence electrons. The second-order valence-electron chi connectivity index (χ2n) is 4.78. The molecule has 10 heteroatoms. The third-order valence-corrected chi connectivity index (χ3v) is 6.81. The summed E-state index contributed by atoms with van der Waals surface area (Å²) in [6.07, 6.45) is 1.40. The van der Waals surface area contributed by atoms with Crippen LogP contribution in [0.1, 0.15) is 5.56 Å². The number of benzene rings is 1. The number of thiophene rings is 1. The molecule has 0 aliphatic rings. The molecule has 0 saturated heterocycles. The van der Waals surface area contributed by atoms with Crippen molar-refractivity contribution in [3.05, 3.63) is 62.6 Å². The Labute approximate surface area is 165 Å². The van der Waals surface area contributed by atoms with Crippen molar-refractivity contribution >= 4 is 59.0 Å². The van der Waals surface area contributed by atoms with Crippen LogP contribution < -0.4 is 9.46 Å². The molecule has 1 aromatic carbocycles. The average molecular weight is 505 g/mol. The van der Waals surface area contributed by atoms with Gasteiger partial charge in [-0.3, -0.25) is 4.72 Å². The van der Waals surface area contributed by atoms with Gasteiger partial charge in [0.15, 0.2) is 0 Å². The molecule has 1 N–H and O–H groups in total. The van der Waals surface area contributed by atoms with Crippen molar-refractivity contribution in [1.29, 1.82) is 0 Å². The van der Waals surface area contributed by atoms with Crippen LogP contribution in [0.15, 0.2) is 61.3 Å². The van der Waals surface area contributed by atoms with Crippen LogP contribution >= 0.6 is 43.2 Å². The standard InChI is InChI=1S/C15H11Br2N3O3S2/c16-11-8-18-14(20-25(21,22)13-7-6-12(17)24-13)15(19-11)23-9-10-4-2-1-3-5-10/h1-8H,9H2,(H,18,20). The van der Waals surface area contributed by atoms with Crippen LogP contribution in [-0.2, 0) is 16.6 Å². The molecule has 0 saturated carbocycles. The number of anilines is 1. The predicted octanol–water partition coefficient (Wildman–Crippen LogP) is 4.44. The zero-order valence-corrected chi connectivity index (χ0v) is 17.3. The lowest BCUT2D eigenvalue weighted by atomic mass is 10.2. The molecule has 0 aliphatic carbocycles. The van der Waals surface area contributed by atoms with Gasteiger partial charge in [-0.05, 0) is 49.6 Å². The minimum absolute atomic E-state index is 0.0312. The topological polar surface area (TPSA) is 81.2 Å². The molecule has 25 heavy (non-hydrogen) atoms. The van der Waals surface area contributed by atoms with E-state index in [1.165, 1.54) is 12.3 Å². The molecule has 0 fully saturated rings. The van der Waals surface area contributed by atoms with Gasteiger partial charge < -0.3 is 4.74 Å². The van der Waals surface area contributed by atoms with Gasteiger partial charge in [-0.2, -0.15) is 0 Å². The fourth-order valence-corrected chi connectivity index (χ4v) is 5.15. The molecular formula is C15H11Br2N3O3S2. The Balaban J connectivity index is 1.84. The van der Waals surface area contributed by atoms with E-state index >= 15 is 0 Å². The first-order valence-electron chi connectivity index (χ1n) is 6.91. The lowest BCUT2D eigenvalue weighted by molar-refractivity contribution is 0.294. The first-order valence-corrected chi connectivity index (χ1v) is 10.8. The quantitative estimate of drug-likeness (QED) is 0.536. The Bertz CT molecular complexity index is 979. The summed E-state index contributed by atoms with van der Waals surface area (Å²) in [4.78, 5) is 8.25. The molecule has 0 unspecified atom stereocenters. The number of nitrogens with one attached hydrogen (secondary N) is 1. The smallest absolute Gasteiger partial charge is 0.272 e. The SMILES string of the molecule is O=S(=O)(Nc1ncc(Br)nc1OCc1ccccc1)c1ccc(Br)s1. The summed E-state index contributed by atoms with van der Waals surface area (Å²) in [5, 5.41) is 0. The van der Waals surface area contributed by atoms with E-state index in [1.807, 2.05) is 30.3 Å². The fourth-order valence-electron chi connectivity index (χ4n) is 1.87. The zero-order valence-electron chi connectivity index (χ0n) is 12.5. The van der Waals surface area contributed by atoms with Gasteiger partial charge in [-0.25, -0.2) is 18.4 Å². The molecule has 0 aliphatic heterocycles. The van der Waals surface area contributed by atoms with E-state index in [0.29, 0.717) is 4.60 Å². The molecule has 2 heterocycles. The van der Waals surface area contributed by atoms with Gasteiger partial charge in [0, 0.05) is 0 Å². The molecular weight excluding hydrogens is 494 g/mol. The molecule has 0 spiro atoms. The van der Waals surface area contributed by atoms with Gasteiger partial charge in [-0.1, -0.05) is 30.3 Å². The van der Waals surface area contributed by atoms with Crippen LogP contribution in [0.25, 0.3) is 0 Å². The number of ether oxygens (including phenoxy) is 1. The van der Waals surface area contributed by atoms with Crippen molar-refractivity contribution < 1.29 is 13.2 Å². The highest BCUT2D eigenvalue weighted by molar-refractivity contribution is 9.11. The van der Waals surface area contributed by atoms with E-state index in [1.54, 1.807) is 6.07 Å². The van der Waals surface area contributed by atoms with E-state index in [4.69, 9.17) is 4.74 Å². The van der Waals surface area contributed by atoms with E-state index in [0.717, 1.165) is 20.7 Å². The van der Waals surface area contributed by atoms with Crippen LogP contribution in [0.5, 0.6) is 5.88 Å². The molecule has 3 rings (SSSR count). The second-order valence-corrected chi connectivity index (χ2v) is 9.97. The minimum atomic E-state index is -3.77. The van der Waals surface area contributed by atoms with Gasteiger partial charge in [0.2, 0.25) is 5.82 Å². The van der Waals surface area contributed by atoms with Gasteiger partial charge in [-0.15, -0.1) is 11.3 Å². The Kier molecular flexibility index (Phi) is 5.72. The summed E-state index contributed by atoms with van der Waals surface area (Å²) in [7, 11) is -3.77. The summed E-state index contributed by atoms with van der Waals surface area (Å²) < 4.78 is 34.3. The van der Waals surface area contributed by atoms with Gasteiger partial charge in [0.1, 0.15) is 15.4 Å². The Hall–Kier alpha value is -1.49. The number of halogens is 2. The Morgan fingerprint density at radius 3 is 2.56 bits per heavy atom. The number of hydrogen-bond acceptors (Lipinski definition) is 6. The fraction of sp³-hybridized carbons (Fsp3) is 0.0667. The number of aromatic nitrogens is 2. The van der Waals surface area contributed by atoms with Gasteiger partial charge in [0.25, 0.3) is 15.9 Å². The van der Waals surface area contributed by atoms with Crippen LogP contribution in [0, 0.1) is 0 Å². The number of rotatable bonds is 6. The first kappa shape index (κ1) is 18.3. The number of hydrogen-bond donors (Lipinski definition) is 1. The molecule has 0 bridgehead atoms. The van der Waals surface area contributed by atoms with Crippen LogP contribution in [0.4, 0.5) is 5.82 Å². The lowest BCUT2D eigenvalue weighted by Crippen LogP contribution is -2.14. The van der Waals surface area contributed by atoms with Crippen LogP contribution in [0.3, 0.4) is 0 Å². The highest BCUT2D eigenvalue weighted by Crippen LogP contribution is 2.30. The van der Waals surface area contributed by atoms with Crippen molar-refractivity contribution in [2.75, 3.05) is 4.72 Å². The van der Waals surface area contributed by atoms with Crippen LogP contribution in [0.2, 0.25) is 0 Å². The van der Waals surface area contributed by atoms with E-state index in [-0.39, 0.29) is 22.5 Å². The molecule has 3 aromatic rings. The Morgan fingerprint density at radius 2 is 1.88 bits per heavy atom. The predicted molar refractivity (Wildman–Crippen MR) is 103 cm³/mol. The van der Waals surface area contributed by atoms with Crippen molar-refractivity contribution in [2.24, 2.45) is 0 Å². The minimum Gasteiger partial charge on any atom is -0.470 e. The first-order chi connectivity index (χ1) is 11.9. The normalized spacial score (nSPS) is 11.3. The average Bonchev–Trinajstić information content (AvgIpc) is 3.03. The lowest BCUT2D eigenvalue weighted by Gasteiger charge is -2.11. The molecule has 2 aromatic heterocycles. The molecule has 0 radical (unpaired) electrons. The summed E-state index contributed by atoms with van der Waals surface area (Å²) in [6.45, 7) is 0.241. The molecule has 6 nitrogen and oxygen atoms in total. The second kappa shape index (κ2) is 7.81. The summed E-state index contributed by atoms with van der Waals surface area (Å²) in [5.41, 5.74) is 0.931.